The van der Waals surface area contributed by atoms with Crippen LogP contribution < -0.4 is 4.72 Å². The average Bonchev–Trinajstić information content (AvgIpc) is 2.69. The number of nitrogens with zero attached hydrogens (tertiary/aromatic N) is 1. The highest BCUT2D eigenvalue weighted by Crippen LogP contribution is 2.21. The number of sulfonamides is 1. The fourth-order valence-corrected chi connectivity index (χ4v) is 2.74. The predicted molar refractivity (Wildman–Crippen MR) is 72.2 cm³/mol. The van der Waals surface area contributed by atoms with Crippen molar-refractivity contribution >= 4 is 21.8 Å². The van der Waals surface area contributed by atoms with Crippen molar-refractivity contribution in [2.24, 2.45) is 0 Å². The molecule has 0 saturated heterocycles. The lowest BCUT2D eigenvalue weighted by Gasteiger charge is -2.08. The molecule has 0 aliphatic heterocycles. The second kappa shape index (κ2) is 5.17. The Balaban J connectivity index is 2.40. The molecule has 1 heterocycles. The Morgan fingerprint density at radius 1 is 1.38 bits per heavy atom. The summed E-state index contributed by atoms with van der Waals surface area (Å²) < 4.78 is 40.2. The highest BCUT2D eigenvalue weighted by atomic mass is 32.2. The molecule has 7 nitrogen and oxygen atoms in total. The van der Waals surface area contributed by atoms with Crippen LogP contribution in [0.5, 0.6) is 0 Å². The molecule has 0 radical (unpaired) electrons. The third-order valence-electron chi connectivity index (χ3n) is 2.95. The van der Waals surface area contributed by atoms with Gasteiger partial charge in [0.25, 0.3) is 10.0 Å². The highest BCUT2D eigenvalue weighted by Gasteiger charge is 2.22. The van der Waals surface area contributed by atoms with Gasteiger partial charge in [0.15, 0.2) is 5.82 Å². The quantitative estimate of drug-likeness (QED) is 0.794. The Labute approximate surface area is 119 Å². The molecule has 0 amide bonds. The number of aromatic amines is 1. The smallest absolute Gasteiger partial charge is 0.335 e. The van der Waals surface area contributed by atoms with Crippen molar-refractivity contribution in [1.29, 1.82) is 0 Å². The van der Waals surface area contributed by atoms with Gasteiger partial charge in [-0.3, -0.25) is 9.82 Å². The van der Waals surface area contributed by atoms with Crippen LogP contribution in [0, 0.1) is 19.7 Å². The maximum absolute atomic E-state index is 13.8. The van der Waals surface area contributed by atoms with Gasteiger partial charge in [-0.1, -0.05) is 0 Å². The number of aryl methyl sites for hydroxylation is 1. The first kappa shape index (κ1) is 15.0. The predicted octanol–water partition coefficient (Wildman–Crippen LogP) is 1.66. The van der Waals surface area contributed by atoms with E-state index in [-0.39, 0.29) is 11.4 Å². The number of hydrogen-bond acceptors (Lipinski definition) is 4. The van der Waals surface area contributed by atoms with E-state index in [9.17, 15) is 17.6 Å². The van der Waals surface area contributed by atoms with Crippen LogP contribution in [-0.4, -0.2) is 29.7 Å². The van der Waals surface area contributed by atoms with Crippen LogP contribution in [0.3, 0.4) is 0 Å². The standard InChI is InChI=1S/C12H12FN3O4S/c1-6-7(2)14-15-11(6)16-21(19,20)10-4-3-8(12(17)18)5-9(10)13/h3-5H,1-2H3,(H,17,18)(H2,14,15,16). The minimum absolute atomic E-state index is 0.0641. The van der Waals surface area contributed by atoms with Gasteiger partial charge in [-0.2, -0.15) is 5.10 Å². The van der Waals surface area contributed by atoms with Crippen molar-refractivity contribution in [3.05, 3.63) is 40.8 Å². The van der Waals surface area contributed by atoms with Crippen LogP contribution >= 0.6 is 0 Å². The number of anilines is 1. The lowest BCUT2D eigenvalue weighted by atomic mass is 10.2. The fraction of sp³-hybridized carbons (Fsp3) is 0.167. The largest absolute Gasteiger partial charge is 0.478 e. The van der Waals surface area contributed by atoms with E-state index in [0.29, 0.717) is 17.3 Å². The molecule has 0 fully saturated rings. The van der Waals surface area contributed by atoms with Gasteiger partial charge in [0.2, 0.25) is 0 Å². The molecule has 0 unspecified atom stereocenters. The number of carboxylic acids is 1. The van der Waals surface area contributed by atoms with Crippen LogP contribution in [0.4, 0.5) is 10.2 Å². The summed E-state index contributed by atoms with van der Waals surface area (Å²) in [5.41, 5.74) is 0.925. The first-order valence-electron chi connectivity index (χ1n) is 5.79. The summed E-state index contributed by atoms with van der Waals surface area (Å²) in [6, 6.07) is 2.57. The summed E-state index contributed by atoms with van der Waals surface area (Å²) in [6.45, 7) is 3.36. The maximum Gasteiger partial charge on any atom is 0.335 e. The third kappa shape index (κ3) is 2.87. The molecular formula is C12H12FN3O4S. The van der Waals surface area contributed by atoms with Gasteiger partial charge in [0.1, 0.15) is 10.7 Å². The molecule has 0 bridgehead atoms. The van der Waals surface area contributed by atoms with Crippen molar-refractivity contribution in [3.63, 3.8) is 0 Å². The average molecular weight is 313 g/mol. The number of carbonyl (C=O) groups is 1. The lowest BCUT2D eigenvalue weighted by molar-refractivity contribution is 0.0696. The first-order valence-corrected chi connectivity index (χ1v) is 7.28. The first-order chi connectivity index (χ1) is 9.72. The van der Waals surface area contributed by atoms with Crippen LogP contribution in [-0.2, 0) is 10.0 Å². The van der Waals surface area contributed by atoms with Gasteiger partial charge in [0.05, 0.1) is 5.56 Å². The monoisotopic (exact) mass is 313 g/mol. The second-order valence-corrected chi connectivity index (χ2v) is 6.03. The minimum atomic E-state index is -4.20. The Morgan fingerprint density at radius 3 is 2.52 bits per heavy atom. The van der Waals surface area contributed by atoms with Crippen LogP contribution in [0.15, 0.2) is 23.1 Å². The molecule has 2 rings (SSSR count). The molecular weight excluding hydrogens is 301 g/mol. The number of benzene rings is 1. The van der Waals surface area contributed by atoms with E-state index >= 15 is 0 Å². The zero-order valence-corrected chi connectivity index (χ0v) is 12.0. The Bertz CT molecular complexity index is 814. The van der Waals surface area contributed by atoms with Crippen LogP contribution in [0.2, 0.25) is 0 Å². The van der Waals surface area contributed by atoms with Crippen LogP contribution in [0.25, 0.3) is 0 Å². The summed E-state index contributed by atoms with van der Waals surface area (Å²) >= 11 is 0. The maximum atomic E-state index is 13.8. The molecule has 2 aromatic rings. The number of hydrogen-bond donors (Lipinski definition) is 3. The Morgan fingerprint density at radius 2 is 2.05 bits per heavy atom. The minimum Gasteiger partial charge on any atom is -0.478 e. The van der Waals surface area contributed by atoms with Gasteiger partial charge in [0, 0.05) is 11.3 Å². The van der Waals surface area contributed by atoms with E-state index in [1.807, 2.05) is 0 Å². The fourth-order valence-electron chi connectivity index (χ4n) is 1.62. The molecule has 112 valence electrons. The molecule has 0 aliphatic carbocycles. The molecule has 0 aliphatic rings. The number of H-pyrrole nitrogens is 1. The second-order valence-electron chi connectivity index (χ2n) is 4.38. The van der Waals surface area contributed by atoms with Crippen molar-refractivity contribution in [2.75, 3.05) is 4.72 Å². The molecule has 0 spiro atoms. The molecule has 0 atom stereocenters. The number of halogens is 1. The van der Waals surface area contributed by atoms with Crippen molar-refractivity contribution < 1.29 is 22.7 Å². The zero-order valence-electron chi connectivity index (χ0n) is 11.1. The molecule has 3 N–H and O–H groups in total. The molecule has 9 heteroatoms. The third-order valence-corrected chi connectivity index (χ3v) is 4.32. The van der Waals surface area contributed by atoms with Crippen LogP contribution in [0.1, 0.15) is 21.6 Å². The number of carboxylic acid groups (broad SMARTS) is 1. The summed E-state index contributed by atoms with van der Waals surface area (Å²) in [7, 11) is -4.20. The summed E-state index contributed by atoms with van der Waals surface area (Å²) in [5.74, 6) is -2.42. The summed E-state index contributed by atoms with van der Waals surface area (Å²) in [6.07, 6.45) is 0. The van der Waals surface area contributed by atoms with E-state index in [0.717, 1.165) is 12.1 Å². The van der Waals surface area contributed by atoms with Gasteiger partial charge in [-0.15, -0.1) is 0 Å². The zero-order chi connectivity index (χ0) is 15.8. The van der Waals surface area contributed by atoms with Gasteiger partial charge < -0.3 is 5.11 Å². The van der Waals surface area contributed by atoms with E-state index < -0.39 is 26.7 Å². The Kier molecular flexibility index (Phi) is 3.69. The normalized spacial score (nSPS) is 11.4. The highest BCUT2D eigenvalue weighted by molar-refractivity contribution is 7.92. The number of aromatic carboxylic acids is 1. The van der Waals surface area contributed by atoms with Crippen molar-refractivity contribution in [3.8, 4) is 0 Å². The summed E-state index contributed by atoms with van der Waals surface area (Å²) in [4.78, 5) is 10.1. The number of rotatable bonds is 4. The van der Waals surface area contributed by atoms with Crippen molar-refractivity contribution in [2.45, 2.75) is 18.7 Å². The Hall–Kier alpha value is -2.42. The molecule has 0 saturated carbocycles. The van der Waals surface area contributed by atoms with E-state index in [4.69, 9.17) is 5.11 Å². The van der Waals surface area contributed by atoms with E-state index in [1.54, 1.807) is 13.8 Å². The molecule has 1 aromatic carbocycles. The van der Waals surface area contributed by atoms with Gasteiger partial charge in [-0.25, -0.2) is 17.6 Å². The van der Waals surface area contributed by atoms with Gasteiger partial charge in [-0.05, 0) is 32.0 Å². The summed E-state index contributed by atoms with van der Waals surface area (Å²) in [5, 5.41) is 15.1. The number of nitrogens with one attached hydrogen (secondary N) is 2. The topological polar surface area (TPSA) is 112 Å². The van der Waals surface area contributed by atoms with E-state index in [1.165, 1.54) is 0 Å². The SMILES string of the molecule is Cc1[nH]nc(NS(=O)(=O)c2ccc(C(=O)O)cc2F)c1C. The molecule has 21 heavy (non-hydrogen) atoms. The molecule has 1 aromatic heterocycles. The van der Waals surface area contributed by atoms with Gasteiger partial charge >= 0.3 is 5.97 Å². The lowest BCUT2D eigenvalue weighted by Crippen LogP contribution is -2.16. The van der Waals surface area contributed by atoms with Crippen molar-refractivity contribution in [1.82, 2.24) is 10.2 Å². The number of aromatic nitrogens is 2. The van der Waals surface area contributed by atoms with E-state index in [2.05, 4.69) is 14.9 Å².